The Balaban J connectivity index is 1.28. The summed E-state index contributed by atoms with van der Waals surface area (Å²) >= 11 is 0. The van der Waals surface area contributed by atoms with Crippen molar-refractivity contribution in [3.8, 4) is 0 Å². The number of carbonyl (C=O) groups excluding carboxylic acids is 2. The predicted molar refractivity (Wildman–Crippen MR) is 120 cm³/mol. The molecule has 0 radical (unpaired) electrons. The number of carbonyl (C=O) groups is 2. The SMILES string of the molecule is Cc1c(F)ccc(C2CCN(C(=O)c3n[nH]c4c3CN(C(=O)c3ccccn3)C4)CC2)c1C(F)(F)F. The van der Waals surface area contributed by atoms with E-state index in [4.69, 9.17) is 0 Å². The van der Waals surface area contributed by atoms with Gasteiger partial charge in [0.25, 0.3) is 11.8 Å². The molecule has 0 bridgehead atoms. The summed E-state index contributed by atoms with van der Waals surface area (Å²) in [6, 6.07) is 7.34. The van der Waals surface area contributed by atoms with E-state index in [-0.39, 0.29) is 49.3 Å². The van der Waals surface area contributed by atoms with Crippen molar-refractivity contribution in [1.29, 1.82) is 0 Å². The van der Waals surface area contributed by atoms with E-state index in [0.29, 0.717) is 29.8 Å². The molecule has 1 N–H and O–H groups in total. The number of benzene rings is 1. The molecule has 0 spiro atoms. The van der Waals surface area contributed by atoms with Crippen molar-refractivity contribution in [3.63, 3.8) is 0 Å². The minimum atomic E-state index is -4.66. The van der Waals surface area contributed by atoms with Crippen molar-refractivity contribution >= 4 is 11.8 Å². The largest absolute Gasteiger partial charge is 0.417 e. The molecule has 1 aromatic carbocycles. The van der Waals surface area contributed by atoms with Gasteiger partial charge in [-0.05, 0) is 55.0 Å². The van der Waals surface area contributed by atoms with Crippen LogP contribution in [0.15, 0.2) is 36.5 Å². The Morgan fingerprint density at radius 3 is 2.44 bits per heavy atom. The standard InChI is InChI=1S/C25H23F4N5O2/c1-14-18(26)6-5-16(21(14)25(27,28)29)15-7-10-33(11-8-15)24(36)22-17-12-34(13-20(17)31-32-22)23(35)19-4-2-3-9-30-19/h2-6,9,15H,7-8,10-13H2,1H3,(H,31,32). The van der Waals surface area contributed by atoms with Crippen LogP contribution in [0.5, 0.6) is 0 Å². The third-order valence-corrected chi connectivity index (χ3v) is 6.96. The number of halogens is 4. The van der Waals surface area contributed by atoms with Crippen molar-refractivity contribution in [2.75, 3.05) is 13.1 Å². The summed E-state index contributed by atoms with van der Waals surface area (Å²) in [5.41, 5.74) is 0.575. The van der Waals surface area contributed by atoms with Gasteiger partial charge >= 0.3 is 6.18 Å². The number of rotatable bonds is 3. The van der Waals surface area contributed by atoms with Gasteiger partial charge in [-0.25, -0.2) is 4.39 Å². The van der Waals surface area contributed by atoms with E-state index in [0.717, 1.165) is 13.0 Å². The minimum absolute atomic E-state index is 0.0674. The molecule has 0 unspecified atom stereocenters. The van der Waals surface area contributed by atoms with E-state index < -0.39 is 29.0 Å². The molecule has 1 saturated heterocycles. The second-order valence-corrected chi connectivity index (χ2v) is 9.11. The van der Waals surface area contributed by atoms with Gasteiger partial charge in [0.15, 0.2) is 5.69 Å². The first-order valence-electron chi connectivity index (χ1n) is 11.6. The van der Waals surface area contributed by atoms with Crippen molar-refractivity contribution in [3.05, 3.63) is 81.7 Å². The van der Waals surface area contributed by atoms with Crippen molar-refractivity contribution in [1.82, 2.24) is 25.0 Å². The molecule has 188 valence electrons. The normalized spacial score (nSPS) is 16.4. The average Bonchev–Trinajstić information content (AvgIpc) is 3.46. The highest BCUT2D eigenvalue weighted by molar-refractivity contribution is 5.96. The van der Waals surface area contributed by atoms with E-state index in [1.54, 1.807) is 28.0 Å². The fourth-order valence-corrected chi connectivity index (χ4v) is 5.08. The van der Waals surface area contributed by atoms with Crippen LogP contribution in [0.4, 0.5) is 17.6 Å². The molecular formula is C25H23F4N5O2. The maximum atomic E-state index is 13.9. The maximum Gasteiger partial charge on any atom is 0.417 e. The van der Waals surface area contributed by atoms with Crippen LogP contribution in [0.1, 0.15) is 67.7 Å². The van der Waals surface area contributed by atoms with Crippen LogP contribution in [-0.2, 0) is 19.3 Å². The first-order valence-corrected chi connectivity index (χ1v) is 11.6. The first-order chi connectivity index (χ1) is 17.1. The van der Waals surface area contributed by atoms with E-state index in [9.17, 15) is 27.2 Å². The number of amides is 2. The van der Waals surface area contributed by atoms with Gasteiger partial charge in [-0.3, -0.25) is 19.7 Å². The van der Waals surface area contributed by atoms with Crippen molar-refractivity contribution in [2.24, 2.45) is 0 Å². The van der Waals surface area contributed by atoms with Crippen LogP contribution < -0.4 is 0 Å². The Labute approximate surface area is 204 Å². The van der Waals surface area contributed by atoms with Gasteiger partial charge < -0.3 is 9.80 Å². The highest BCUT2D eigenvalue weighted by atomic mass is 19.4. The number of pyridine rings is 1. The lowest BCUT2D eigenvalue weighted by Crippen LogP contribution is -2.39. The quantitative estimate of drug-likeness (QED) is 0.538. The van der Waals surface area contributed by atoms with Gasteiger partial charge in [0, 0.05) is 24.8 Å². The smallest absolute Gasteiger partial charge is 0.337 e. The molecule has 4 heterocycles. The topological polar surface area (TPSA) is 82.2 Å². The Kier molecular flexibility index (Phi) is 6.01. The Hall–Kier alpha value is -3.76. The molecular weight excluding hydrogens is 478 g/mol. The highest BCUT2D eigenvalue weighted by Gasteiger charge is 2.39. The van der Waals surface area contributed by atoms with Gasteiger partial charge in [-0.2, -0.15) is 18.3 Å². The number of aromatic nitrogens is 3. The summed E-state index contributed by atoms with van der Waals surface area (Å²) in [4.78, 5) is 33.2. The van der Waals surface area contributed by atoms with Crippen LogP contribution in [-0.4, -0.2) is 49.9 Å². The van der Waals surface area contributed by atoms with Crippen molar-refractivity contribution in [2.45, 2.75) is 44.9 Å². The number of nitrogens with zero attached hydrogens (tertiary/aromatic N) is 4. The van der Waals surface area contributed by atoms with E-state index in [1.165, 1.54) is 12.3 Å². The fraction of sp³-hybridized carbons (Fsp3) is 0.360. The molecule has 0 aliphatic carbocycles. The molecule has 5 rings (SSSR count). The third kappa shape index (κ3) is 4.22. The summed E-state index contributed by atoms with van der Waals surface area (Å²) < 4.78 is 54.9. The zero-order valence-corrected chi connectivity index (χ0v) is 19.4. The number of alkyl halides is 3. The molecule has 2 amide bonds. The van der Waals surface area contributed by atoms with Crippen LogP contribution in [0.25, 0.3) is 0 Å². The summed E-state index contributed by atoms with van der Waals surface area (Å²) in [7, 11) is 0. The number of hydrogen-bond donors (Lipinski definition) is 1. The second-order valence-electron chi connectivity index (χ2n) is 9.11. The highest BCUT2D eigenvalue weighted by Crippen LogP contribution is 2.41. The average molecular weight is 501 g/mol. The number of piperidine rings is 1. The van der Waals surface area contributed by atoms with Crippen molar-refractivity contribution < 1.29 is 27.2 Å². The lowest BCUT2D eigenvalue weighted by Gasteiger charge is -2.33. The lowest BCUT2D eigenvalue weighted by molar-refractivity contribution is -0.139. The molecule has 1 fully saturated rings. The summed E-state index contributed by atoms with van der Waals surface area (Å²) in [6.07, 6.45) is -2.50. The van der Waals surface area contributed by atoms with Gasteiger partial charge in [-0.1, -0.05) is 12.1 Å². The zero-order chi connectivity index (χ0) is 25.6. The second kappa shape index (κ2) is 9.03. The summed E-state index contributed by atoms with van der Waals surface area (Å²) in [5, 5.41) is 7.00. The molecule has 2 aliphatic heterocycles. The maximum absolute atomic E-state index is 13.9. The van der Waals surface area contributed by atoms with E-state index >= 15 is 0 Å². The Morgan fingerprint density at radius 1 is 1.03 bits per heavy atom. The number of likely N-dealkylation sites (tertiary alicyclic amines) is 1. The fourth-order valence-electron chi connectivity index (χ4n) is 5.08. The van der Waals surface area contributed by atoms with Gasteiger partial charge in [0.2, 0.25) is 0 Å². The molecule has 2 aliphatic rings. The first kappa shape index (κ1) is 24.0. The molecule has 11 heteroatoms. The Morgan fingerprint density at radius 2 is 1.78 bits per heavy atom. The van der Waals surface area contributed by atoms with E-state index in [1.807, 2.05) is 0 Å². The molecule has 7 nitrogen and oxygen atoms in total. The molecule has 0 saturated carbocycles. The Bertz CT molecular complexity index is 1310. The van der Waals surface area contributed by atoms with Crippen LogP contribution >= 0.6 is 0 Å². The van der Waals surface area contributed by atoms with Crippen LogP contribution in [0.2, 0.25) is 0 Å². The van der Waals surface area contributed by atoms with Crippen LogP contribution in [0.3, 0.4) is 0 Å². The number of fused-ring (bicyclic) bond motifs is 1. The van der Waals surface area contributed by atoms with Crippen LogP contribution in [0, 0.1) is 12.7 Å². The molecule has 36 heavy (non-hydrogen) atoms. The minimum Gasteiger partial charge on any atom is -0.337 e. The van der Waals surface area contributed by atoms with E-state index in [2.05, 4.69) is 15.2 Å². The number of aromatic amines is 1. The molecule has 0 atom stereocenters. The molecule has 3 aromatic rings. The summed E-state index contributed by atoms with van der Waals surface area (Å²) in [6.45, 7) is 2.12. The van der Waals surface area contributed by atoms with Gasteiger partial charge in [0.05, 0.1) is 24.3 Å². The zero-order valence-electron chi connectivity index (χ0n) is 19.4. The number of nitrogens with one attached hydrogen (secondary N) is 1. The summed E-state index contributed by atoms with van der Waals surface area (Å²) in [5.74, 6) is -1.91. The lowest BCUT2D eigenvalue weighted by atomic mass is 9.84. The van der Waals surface area contributed by atoms with Gasteiger partial charge in [0.1, 0.15) is 11.5 Å². The number of hydrogen-bond acceptors (Lipinski definition) is 4. The molecule has 2 aromatic heterocycles. The number of H-pyrrole nitrogens is 1. The monoisotopic (exact) mass is 501 g/mol. The predicted octanol–water partition coefficient (Wildman–Crippen LogP) is 4.45. The third-order valence-electron chi connectivity index (χ3n) is 6.96. The van der Waals surface area contributed by atoms with Gasteiger partial charge in [-0.15, -0.1) is 0 Å².